The highest BCUT2D eigenvalue weighted by molar-refractivity contribution is 7.92. The zero-order valence-electron chi connectivity index (χ0n) is 24.0. The SMILES string of the molecule is CC[C@H](C)NC(=O)[C@@H](C)N(Cc1ccc(Cl)cc1Cl)C(=O)CN(c1cc(Cl)ccc1OC)S(=O)(=O)c1ccc(C)cc1. The van der Waals surface area contributed by atoms with Gasteiger partial charge in [-0.2, -0.15) is 0 Å². The number of carbonyl (C=O) groups excluding carboxylic acids is 2. The number of nitrogens with one attached hydrogen (secondary N) is 1. The lowest BCUT2D eigenvalue weighted by atomic mass is 10.1. The van der Waals surface area contributed by atoms with E-state index in [4.69, 9.17) is 39.5 Å². The molecule has 0 spiro atoms. The minimum atomic E-state index is -4.30. The Hall–Kier alpha value is -2.98. The number of hydrogen-bond donors (Lipinski definition) is 1. The quantitative estimate of drug-likeness (QED) is 0.241. The molecule has 0 bridgehead atoms. The summed E-state index contributed by atoms with van der Waals surface area (Å²) in [6.45, 7) is 6.47. The second-order valence-corrected chi connectivity index (χ2v) is 13.0. The summed E-state index contributed by atoms with van der Waals surface area (Å²) in [5.41, 5.74) is 1.47. The number of hydrogen-bond acceptors (Lipinski definition) is 5. The Morgan fingerprint density at radius 3 is 2.17 bits per heavy atom. The number of aryl methyl sites for hydroxylation is 1. The van der Waals surface area contributed by atoms with Crippen LogP contribution in [-0.4, -0.2) is 50.9 Å². The third-order valence-corrected chi connectivity index (χ3v) is 9.42. The number of nitrogens with zero attached hydrogens (tertiary/aromatic N) is 2. The molecule has 0 heterocycles. The van der Waals surface area contributed by atoms with Crippen molar-refractivity contribution in [3.8, 4) is 5.75 Å². The fourth-order valence-electron chi connectivity index (χ4n) is 4.09. The molecule has 0 saturated heterocycles. The van der Waals surface area contributed by atoms with Crippen molar-refractivity contribution in [2.24, 2.45) is 0 Å². The number of anilines is 1. The molecule has 42 heavy (non-hydrogen) atoms. The van der Waals surface area contributed by atoms with Crippen molar-refractivity contribution in [2.45, 2.75) is 57.6 Å². The van der Waals surface area contributed by atoms with E-state index >= 15 is 0 Å². The van der Waals surface area contributed by atoms with Gasteiger partial charge in [0.15, 0.2) is 0 Å². The fraction of sp³-hybridized carbons (Fsp3) is 0.333. The van der Waals surface area contributed by atoms with Crippen LogP contribution in [0.25, 0.3) is 0 Å². The van der Waals surface area contributed by atoms with Gasteiger partial charge in [0.25, 0.3) is 10.0 Å². The second-order valence-electron chi connectivity index (χ2n) is 9.89. The van der Waals surface area contributed by atoms with Gasteiger partial charge in [0, 0.05) is 27.7 Å². The van der Waals surface area contributed by atoms with E-state index in [9.17, 15) is 18.0 Å². The lowest BCUT2D eigenvalue weighted by Gasteiger charge is -2.33. The van der Waals surface area contributed by atoms with Crippen LogP contribution in [0.2, 0.25) is 15.1 Å². The van der Waals surface area contributed by atoms with Gasteiger partial charge in [0.1, 0.15) is 18.3 Å². The fourth-order valence-corrected chi connectivity index (χ4v) is 6.14. The van der Waals surface area contributed by atoms with E-state index in [1.54, 1.807) is 37.3 Å². The first kappa shape index (κ1) is 33.5. The van der Waals surface area contributed by atoms with E-state index in [2.05, 4.69) is 5.32 Å². The number of benzene rings is 3. The molecule has 2 atom stereocenters. The maximum Gasteiger partial charge on any atom is 0.264 e. The first-order valence-electron chi connectivity index (χ1n) is 13.2. The van der Waals surface area contributed by atoms with Gasteiger partial charge < -0.3 is 15.0 Å². The largest absolute Gasteiger partial charge is 0.495 e. The van der Waals surface area contributed by atoms with E-state index < -0.39 is 34.4 Å². The van der Waals surface area contributed by atoms with Crippen LogP contribution < -0.4 is 14.4 Å². The maximum atomic E-state index is 14.1. The zero-order chi connectivity index (χ0) is 31.2. The zero-order valence-corrected chi connectivity index (χ0v) is 27.1. The van der Waals surface area contributed by atoms with Crippen molar-refractivity contribution in [1.29, 1.82) is 0 Å². The molecule has 3 aromatic carbocycles. The van der Waals surface area contributed by atoms with Crippen LogP contribution in [0.5, 0.6) is 5.75 Å². The smallest absolute Gasteiger partial charge is 0.264 e. The van der Waals surface area contributed by atoms with Crippen molar-refractivity contribution < 1.29 is 22.7 Å². The second kappa shape index (κ2) is 14.5. The third kappa shape index (κ3) is 8.10. The lowest BCUT2D eigenvalue weighted by molar-refractivity contribution is -0.139. The van der Waals surface area contributed by atoms with Crippen LogP contribution in [0, 0.1) is 6.92 Å². The van der Waals surface area contributed by atoms with E-state index in [0.29, 0.717) is 22.0 Å². The molecule has 0 aliphatic heterocycles. The van der Waals surface area contributed by atoms with Gasteiger partial charge in [-0.15, -0.1) is 0 Å². The summed E-state index contributed by atoms with van der Waals surface area (Å²) in [6, 6.07) is 14.5. The number of sulfonamides is 1. The summed E-state index contributed by atoms with van der Waals surface area (Å²) < 4.78 is 34.5. The van der Waals surface area contributed by atoms with Crippen LogP contribution in [-0.2, 0) is 26.2 Å². The highest BCUT2D eigenvalue weighted by Gasteiger charge is 2.34. The Balaban J connectivity index is 2.12. The van der Waals surface area contributed by atoms with Crippen LogP contribution in [0.4, 0.5) is 5.69 Å². The van der Waals surface area contributed by atoms with Crippen LogP contribution in [0.1, 0.15) is 38.3 Å². The topological polar surface area (TPSA) is 96.0 Å². The molecule has 0 radical (unpaired) electrons. The Morgan fingerprint density at radius 2 is 1.57 bits per heavy atom. The minimum Gasteiger partial charge on any atom is -0.495 e. The molecule has 1 N–H and O–H groups in total. The standard InChI is InChI=1S/C30H34Cl3N3O5S/c1-6-20(3)34-30(38)21(4)35(17-22-9-10-23(31)15-26(22)33)29(37)18-36(27-16-24(32)11-14-28(27)41-5)42(39,40)25-12-7-19(2)8-13-25/h7-16,20-21H,6,17-18H2,1-5H3,(H,34,38)/t20-,21+/m0/s1. The lowest BCUT2D eigenvalue weighted by Crippen LogP contribution is -2.52. The third-order valence-electron chi connectivity index (χ3n) is 6.82. The predicted octanol–water partition coefficient (Wildman–Crippen LogP) is 6.49. The number of ether oxygens (including phenoxy) is 1. The normalized spacial score (nSPS) is 12.8. The van der Waals surface area contributed by atoms with Gasteiger partial charge in [-0.3, -0.25) is 13.9 Å². The average molecular weight is 655 g/mol. The summed E-state index contributed by atoms with van der Waals surface area (Å²) >= 11 is 18.8. The first-order valence-corrected chi connectivity index (χ1v) is 15.8. The summed E-state index contributed by atoms with van der Waals surface area (Å²) in [7, 11) is -2.91. The van der Waals surface area contributed by atoms with Crippen molar-refractivity contribution in [1.82, 2.24) is 10.2 Å². The molecule has 0 aliphatic carbocycles. The van der Waals surface area contributed by atoms with Crippen molar-refractivity contribution in [3.05, 3.63) is 86.9 Å². The summed E-state index contributed by atoms with van der Waals surface area (Å²) in [4.78, 5) is 28.6. The molecule has 2 amide bonds. The summed E-state index contributed by atoms with van der Waals surface area (Å²) in [5, 5.41) is 3.85. The molecule has 12 heteroatoms. The highest BCUT2D eigenvalue weighted by atomic mass is 35.5. The number of rotatable bonds is 12. The Kier molecular flexibility index (Phi) is 11.5. The molecule has 0 aromatic heterocycles. The van der Waals surface area contributed by atoms with Gasteiger partial charge in [-0.1, -0.05) is 65.5 Å². The van der Waals surface area contributed by atoms with Gasteiger partial charge in [-0.25, -0.2) is 8.42 Å². The monoisotopic (exact) mass is 653 g/mol. The van der Waals surface area contributed by atoms with Gasteiger partial charge >= 0.3 is 0 Å². The van der Waals surface area contributed by atoms with E-state index in [1.807, 2.05) is 20.8 Å². The average Bonchev–Trinajstić information content (AvgIpc) is 2.95. The summed E-state index contributed by atoms with van der Waals surface area (Å²) in [6.07, 6.45) is 0.687. The predicted molar refractivity (Wildman–Crippen MR) is 168 cm³/mol. The number of carbonyl (C=O) groups is 2. The summed E-state index contributed by atoms with van der Waals surface area (Å²) in [5.74, 6) is -0.848. The molecule has 3 aromatic rings. The molecular formula is C30H34Cl3N3O5S. The number of methoxy groups -OCH3 is 1. The molecule has 0 fully saturated rings. The Labute approximate surface area is 262 Å². The molecule has 226 valence electrons. The van der Waals surface area contributed by atoms with Gasteiger partial charge in [0.2, 0.25) is 11.8 Å². The van der Waals surface area contributed by atoms with E-state index in [-0.39, 0.29) is 33.9 Å². The molecule has 8 nitrogen and oxygen atoms in total. The van der Waals surface area contributed by atoms with Crippen molar-refractivity contribution in [3.63, 3.8) is 0 Å². The Morgan fingerprint density at radius 1 is 0.952 bits per heavy atom. The van der Waals surface area contributed by atoms with Crippen molar-refractivity contribution in [2.75, 3.05) is 18.0 Å². The van der Waals surface area contributed by atoms with E-state index in [1.165, 1.54) is 42.3 Å². The molecular weight excluding hydrogens is 621 g/mol. The molecule has 0 unspecified atom stereocenters. The van der Waals surface area contributed by atoms with E-state index in [0.717, 1.165) is 9.87 Å². The van der Waals surface area contributed by atoms with Gasteiger partial charge in [-0.05, 0) is 75.2 Å². The van der Waals surface area contributed by atoms with Crippen LogP contribution in [0.3, 0.4) is 0 Å². The molecule has 0 saturated carbocycles. The van der Waals surface area contributed by atoms with Crippen molar-refractivity contribution >= 4 is 62.3 Å². The van der Waals surface area contributed by atoms with Gasteiger partial charge in [0.05, 0.1) is 17.7 Å². The minimum absolute atomic E-state index is 0.0298. The first-order chi connectivity index (χ1) is 19.8. The van der Waals surface area contributed by atoms with Crippen LogP contribution >= 0.6 is 34.8 Å². The highest BCUT2D eigenvalue weighted by Crippen LogP contribution is 2.35. The van der Waals surface area contributed by atoms with Crippen LogP contribution in [0.15, 0.2) is 65.6 Å². The maximum absolute atomic E-state index is 14.1. The Bertz CT molecular complexity index is 1530. The molecule has 0 aliphatic rings. The molecule has 3 rings (SSSR count). The number of amides is 2. The number of halogens is 3.